The third-order valence-corrected chi connectivity index (χ3v) is 10.6. The van der Waals surface area contributed by atoms with Crippen LogP contribution in [0.25, 0.3) is 0 Å². The van der Waals surface area contributed by atoms with Crippen molar-refractivity contribution in [2.24, 2.45) is 17.8 Å². The van der Waals surface area contributed by atoms with E-state index < -0.39 is 0 Å². The first-order chi connectivity index (χ1) is 17.1. The quantitative estimate of drug-likeness (QED) is 0.307. The predicted molar refractivity (Wildman–Crippen MR) is 143 cm³/mol. The molecule has 6 fully saturated rings. The van der Waals surface area contributed by atoms with Crippen molar-refractivity contribution in [3.8, 4) is 11.5 Å². The fourth-order valence-corrected chi connectivity index (χ4v) is 8.07. The van der Waals surface area contributed by atoms with Crippen molar-refractivity contribution in [2.45, 2.75) is 121 Å². The minimum atomic E-state index is -0.0502. The monoisotopic (exact) mass is 496 g/mol. The van der Waals surface area contributed by atoms with Crippen LogP contribution in [0.1, 0.15) is 110 Å². The lowest BCUT2D eigenvalue weighted by Crippen LogP contribution is -2.49. The molecule has 2 unspecified atom stereocenters. The van der Waals surface area contributed by atoms with Gasteiger partial charge in [0.25, 0.3) is 0 Å². The Hall–Kier alpha value is -1.26. The lowest BCUT2D eigenvalue weighted by Gasteiger charge is -2.58. The van der Waals surface area contributed by atoms with Crippen LogP contribution in [0.15, 0.2) is 6.07 Å². The van der Waals surface area contributed by atoms with E-state index in [2.05, 4.69) is 47.6 Å². The fourth-order valence-electron chi connectivity index (χ4n) is 8.07. The third-order valence-electron chi connectivity index (χ3n) is 10.6. The zero-order valence-corrected chi connectivity index (χ0v) is 23.6. The molecule has 7 rings (SSSR count). The van der Waals surface area contributed by atoms with Gasteiger partial charge < -0.3 is 18.9 Å². The summed E-state index contributed by atoms with van der Waals surface area (Å²) < 4.78 is 24.8. The molecule has 36 heavy (non-hydrogen) atoms. The minimum absolute atomic E-state index is 0.0502. The Morgan fingerprint density at radius 1 is 0.806 bits per heavy atom. The maximum atomic E-state index is 6.98. The molecule has 0 spiro atoms. The van der Waals surface area contributed by atoms with Crippen LogP contribution in [0.2, 0.25) is 0 Å². The van der Waals surface area contributed by atoms with Crippen molar-refractivity contribution in [3.63, 3.8) is 0 Å². The van der Waals surface area contributed by atoms with Crippen molar-refractivity contribution < 1.29 is 18.9 Å². The van der Waals surface area contributed by atoms with E-state index in [4.69, 9.17) is 18.9 Å². The van der Waals surface area contributed by atoms with Crippen LogP contribution in [0.5, 0.6) is 11.5 Å². The van der Waals surface area contributed by atoms with Gasteiger partial charge in [0.1, 0.15) is 36.9 Å². The molecule has 1 aromatic rings. The molecule has 1 aromatic carbocycles. The molecule has 4 nitrogen and oxygen atoms in total. The molecular formula is C32H48O4. The van der Waals surface area contributed by atoms with Crippen molar-refractivity contribution in [3.05, 3.63) is 22.8 Å². The fraction of sp³-hybridized carbons (Fsp3) is 0.812. The summed E-state index contributed by atoms with van der Waals surface area (Å²) in [4.78, 5) is 0. The molecule has 0 aromatic heterocycles. The molecule has 0 amide bonds. The molecule has 0 radical (unpaired) electrons. The first-order valence-corrected chi connectivity index (χ1v) is 14.9. The van der Waals surface area contributed by atoms with Crippen molar-refractivity contribution in [1.29, 1.82) is 0 Å². The largest absolute Gasteiger partial charge is 0.490 e. The van der Waals surface area contributed by atoms with Gasteiger partial charge in [0.2, 0.25) is 0 Å². The summed E-state index contributed by atoms with van der Waals surface area (Å²) >= 11 is 0. The molecule has 2 atom stereocenters. The van der Waals surface area contributed by atoms with E-state index >= 15 is 0 Å². The van der Waals surface area contributed by atoms with Gasteiger partial charge in [0, 0.05) is 16.5 Å². The molecule has 2 aliphatic heterocycles. The van der Waals surface area contributed by atoms with Gasteiger partial charge in [-0.25, -0.2) is 0 Å². The van der Waals surface area contributed by atoms with Gasteiger partial charge >= 0.3 is 0 Å². The van der Waals surface area contributed by atoms with E-state index in [-0.39, 0.29) is 28.5 Å². The molecule has 4 aliphatic carbocycles. The van der Waals surface area contributed by atoms with Gasteiger partial charge in [-0.15, -0.1) is 0 Å². The average molecular weight is 497 g/mol. The zero-order valence-electron chi connectivity index (χ0n) is 23.6. The highest BCUT2D eigenvalue weighted by Crippen LogP contribution is 2.64. The van der Waals surface area contributed by atoms with Crippen LogP contribution in [0.4, 0.5) is 0 Å². The molecular weight excluding hydrogens is 448 g/mol. The third kappa shape index (κ3) is 4.49. The topological polar surface area (TPSA) is 43.5 Å². The summed E-state index contributed by atoms with van der Waals surface area (Å²) in [6.07, 6.45) is 11.0. The molecule has 6 aliphatic rings. The van der Waals surface area contributed by atoms with Gasteiger partial charge in [0.15, 0.2) is 0 Å². The van der Waals surface area contributed by atoms with Crippen molar-refractivity contribution in [1.82, 2.24) is 0 Å². The Kier molecular flexibility index (Phi) is 6.19. The highest BCUT2D eigenvalue weighted by molar-refractivity contribution is 5.62. The van der Waals surface area contributed by atoms with Crippen LogP contribution in [-0.2, 0) is 25.7 Å². The summed E-state index contributed by atoms with van der Waals surface area (Å²) in [5.74, 6) is 4.84. The van der Waals surface area contributed by atoms with Crippen molar-refractivity contribution >= 4 is 0 Å². The van der Waals surface area contributed by atoms with Crippen LogP contribution in [-0.4, -0.2) is 38.6 Å². The van der Waals surface area contributed by atoms with Crippen molar-refractivity contribution in [2.75, 3.05) is 26.4 Å². The average Bonchev–Trinajstić information content (AvgIpc) is 3.74. The first-order valence-electron chi connectivity index (χ1n) is 14.9. The standard InChI is InChI=1S/C32H48O4/c1-7-30(3,4)25-12-26(35-18-23-16-33-23)28(31(5,6)8-2)29(36-19-24-17-34-24)27(25)32-13-20-9-21(14-32)11-22(10-20)15-32/h12,20-24H,7-11,13-19H2,1-6H3. The molecule has 2 saturated heterocycles. The number of hydrogen-bond donors (Lipinski definition) is 0. The van der Waals surface area contributed by atoms with Crippen LogP contribution in [0, 0.1) is 17.8 Å². The summed E-state index contributed by atoms with van der Waals surface area (Å²) in [5.41, 5.74) is 4.56. The smallest absolute Gasteiger partial charge is 0.130 e. The summed E-state index contributed by atoms with van der Waals surface area (Å²) in [6, 6.07) is 2.45. The lowest BCUT2D eigenvalue weighted by molar-refractivity contribution is -0.00746. The minimum Gasteiger partial charge on any atom is -0.490 e. The van der Waals surface area contributed by atoms with Gasteiger partial charge in [-0.05, 0) is 91.6 Å². The Morgan fingerprint density at radius 3 is 1.78 bits per heavy atom. The normalized spacial score (nSPS) is 34.7. The molecule has 4 heteroatoms. The first kappa shape index (κ1) is 25.0. The second kappa shape index (κ2) is 8.90. The predicted octanol–water partition coefficient (Wildman–Crippen LogP) is 7.08. The van der Waals surface area contributed by atoms with E-state index in [0.717, 1.165) is 55.3 Å². The van der Waals surface area contributed by atoms with E-state index in [1.807, 2.05) is 0 Å². The van der Waals surface area contributed by atoms with Gasteiger partial charge in [-0.2, -0.15) is 0 Å². The molecule has 200 valence electrons. The zero-order chi connectivity index (χ0) is 25.3. The SMILES string of the molecule is CCC(C)(C)c1cc(OCC2CO2)c(C(C)(C)CC)c(OCC2CO2)c1C12CC3CC(CC(C3)C1)C2. The second-order valence-electron chi connectivity index (χ2n) is 14.2. The second-order valence-corrected chi connectivity index (χ2v) is 14.2. The lowest BCUT2D eigenvalue weighted by atomic mass is 9.46. The Balaban J connectivity index is 1.58. The number of hydrogen-bond acceptors (Lipinski definition) is 4. The van der Waals surface area contributed by atoms with Crippen LogP contribution < -0.4 is 9.47 Å². The maximum absolute atomic E-state index is 6.98. The Labute approximate surface area is 218 Å². The summed E-state index contributed by atoms with van der Waals surface area (Å²) in [7, 11) is 0. The Morgan fingerprint density at radius 2 is 1.31 bits per heavy atom. The molecule has 4 saturated carbocycles. The van der Waals surface area contributed by atoms with Crippen LogP contribution >= 0.6 is 0 Å². The number of ether oxygens (including phenoxy) is 4. The van der Waals surface area contributed by atoms with Gasteiger partial charge in [-0.3, -0.25) is 0 Å². The van der Waals surface area contributed by atoms with E-state index in [0.29, 0.717) is 13.2 Å². The Bertz CT molecular complexity index is 949. The number of benzene rings is 1. The number of rotatable bonds is 11. The number of epoxide rings is 2. The van der Waals surface area contributed by atoms with E-state index in [1.165, 1.54) is 49.7 Å². The highest BCUT2D eigenvalue weighted by Gasteiger charge is 2.55. The highest BCUT2D eigenvalue weighted by atomic mass is 16.6. The molecule has 0 N–H and O–H groups in total. The molecule has 2 heterocycles. The molecule has 4 bridgehead atoms. The van der Waals surface area contributed by atoms with Crippen LogP contribution in [0.3, 0.4) is 0 Å². The summed E-state index contributed by atoms with van der Waals surface area (Å²) in [5, 5.41) is 0. The van der Waals surface area contributed by atoms with E-state index in [1.54, 1.807) is 5.56 Å². The summed E-state index contributed by atoms with van der Waals surface area (Å²) in [6.45, 7) is 17.1. The maximum Gasteiger partial charge on any atom is 0.130 e. The van der Waals surface area contributed by atoms with Gasteiger partial charge in [0.05, 0.1) is 13.2 Å². The van der Waals surface area contributed by atoms with Gasteiger partial charge in [-0.1, -0.05) is 41.5 Å². The van der Waals surface area contributed by atoms with E-state index in [9.17, 15) is 0 Å².